The third-order valence-electron chi connectivity index (χ3n) is 4.68. The van der Waals surface area contributed by atoms with E-state index in [1.807, 2.05) is 0 Å². The Bertz CT molecular complexity index is 243. The first-order valence-electron chi connectivity index (χ1n) is 7.61. The fourth-order valence-corrected chi connectivity index (χ4v) is 3.18. The number of hydrogen-bond acceptors (Lipinski definition) is 3. The molecule has 0 radical (unpaired) electrons. The zero-order valence-corrected chi connectivity index (χ0v) is 12.8. The molecule has 18 heavy (non-hydrogen) atoms. The van der Waals surface area contributed by atoms with Crippen molar-refractivity contribution in [2.75, 3.05) is 52.9 Å². The normalized spacial score (nSPS) is 26.7. The van der Waals surface area contributed by atoms with Crippen molar-refractivity contribution in [2.24, 2.45) is 5.92 Å². The van der Waals surface area contributed by atoms with Gasteiger partial charge in [-0.25, -0.2) is 0 Å². The maximum absolute atomic E-state index is 2.68. The zero-order chi connectivity index (χ0) is 13.2. The lowest BCUT2D eigenvalue weighted by molar-refractivity contribution is 0.0647. The number of nitrogens with zero attached hydrogens (tertiary/aromatic N) is 3. The van der Waals surface area contributed by atoms with E-state index in [9.17, 15) is 0 Å². The van der Waals surface area contributed by atoms with Crippen LogP contribution in [0.3, 0.4) is 0 Å². The molecule has 0 atom stereocenters. The zero-order valence-electron chi connectivity index (χ0n) is 12.8. The first-order chi connectivity index (χ1) is 8.45. The van der Waals surface area contributed by atoms with Crippen LogP contribution in [-0.2, 0) is 0 Å². The average Bonchev–Trinajstić information content (AvgIpc) is 2.32. The Morgan fingerprint density at radius 2 is 1.44 bits per heavy atom. The van der Waals surface area contributed by atoms with Crippen molar-refractivity contribution in [1.29, 1.82) is 0 Å². The number of piperazine rings is 1. The minimum atomic E-state index is 0.360. The van der Waals surface area contributed by atoms with Crippen molar-refractivity contribution in [3.05, 3.63) is 0 Å². The van der Waals surface area contributed by atoms with Crippen molar-refractivity contribution in [3.63, 3.8) is 0 Å². The van der Waals surface area contributed by atoms with Gasteiger partial charge in [-0.05, 0) is 59.7 Å². The third kappa shape index (κ3) is 3.94. The summed E-state index contributed by atoms with van der Waals surface area (Å²) in [7, 11) is 2.24. The maximum Gasteiger partial charge on any atom is 0.0125 e. The number of hydrogen-bond donors (Lipinski definition) is 0. The molecule has 106 valence electrons. The van der Waals surface area contributed by atoms with Gasteiger partial charge in [-0.1, -0.05) is 0 Å². The number of rotatable bonds is 2. The summed E-state index contributed by atoms with van der Waals surface area (Å²) in [5.74, 6) is 0.937. The first-order valence-corrected chi connectivity index (χ1v) is 7.61. The molecule has 0 unspecified atom stereocenters. The van der Waals surface area contributed by atoms with Gasteiger partial charge in [0.2, 0.25) is 0 Å². The highest BCUT2D eigenvalue weighted by atomic mass is 15.2. The number of likely N-dealkylation sites (tertiary alicyclic amines) is 1. The smallest absolute Gasteiger partial charge is 0.0125 e. The lowest BCUT2D eigenvalue weighted by Crippen LogP contribution is -2.50. The van der Waals surface area contributed by atoms with E-state index in [0.717, 1.165) is 5.92 Å². The first kappa shape index (κ1) is 14.3. The quantitative estimate of drug-likeness (QED) is 0.742. The second kappa shape index (κ2) is 5.89. The maximum atomic E-state index is 2.68. The topological polar surface area (TPSA) is 9.72 Å². The molecule has 2 aliphatic rings. The number of likely N-dealkylation sites (N-methyl/N-ethyl adjacent to an activating group) is 1. The van der Waals surface area contributed by atoms with E-state index < -0.39 is 0 Å². The monoisotopic (exact) mass is 253 g/mol. The standard InChI is InChI=1S/C15H31N3/c1-15(2,3)18-7-5-14(6-8-18)13-17-11-9-16(4)10-12-17/h14H,5-13H2,1-4H3. The Kier molecular flexibility index (Phi) is 4.68. The molecule has 0 saturated carbocycles. The summed E-state index contributed by atoms with van der Waals surface area (Å²) < 4.78 is 0. The molecule has 0 aromatic heterocycles. The summed E-state index contributed by atoms with van der Waals surface area (Å²) in [4.78, 5) is 7.77. The molecule has 2 fully saturated rings. The Morgan fingerprint density at radius 3 is 1.94 bits per heavy atom. The largest absolute Gasteiger partial charge is 0.304 e. The van der Waals surface area contributed by atoms with Crippen LogP contribution >= 0.6 is 0 Å². The molecule has 2 saturated heterocycles. The fourth-order valence-electron chi connectivity index (χ4n) is 3.18. The van der Waals surface area contributed by atoms with Gasteiger partial charge in [-0.15, -0.1) is 0 Å². The summed E-state index contributed by atoms with van der Waals surface area (Å²) in [6.07, 6.45) is 2.78. The molecule has 0 aromatic carbocycles. The van der Waals surface area contributed by atoms with Crippen LogP contribution < -0.4 is 0 Å². The van der Waals surface area contributed by atoms with Gasteiger partial charge in [-0.2, -0.15) is 0 Å². The molecule has 3 nitrogen and oxygen atoms in total. The second-order valence-electron chi connectivity index (χ2n) is 7.21. The average molecular weight is 253 g/mol. The van der Waals surface area contributed by atoms with Crippen LogP contribution in [0.15, 0.2) is 0 Å². The van der Waals surface area contributed by atoms with Gasteiger partial charge in [0.25, 0.3) is 0 Å². The van der Waals surface area contributed by atoms with Crippen LogP contribution in [-0.4, -0.2) is 73.1 Å². The van der Waals surface area contributed by atoms with Crippen molar-refractivity contribution in [1.82, 2.24) is 14.7 Å². The minimum Gasteiger partial charge on any atom is -0.304 e. The highest BCUT2D eigenvalue weighted by Gasteiger charge is 2.28. The summed E-state index contributed by atoms with van der Waals surface area (Å²) >= 11 is 0. The predicted molar refractivity (Wildman–Crippen MR) is 78.0 cm³/mol. The molecule has 2 heterocycles. The van der Waals surface area contributed by atoms with Crippen LogP contribution in [0.2, 0.25) is 0 Å². The van der Waals surface area contributed by atoms with Crippen LogP contribution in [0.25, 0.3) is 0 Å². The van der Waals surface area contributed by atoms with Crippen LogP contribution in [0.1, 0.15) is 33.6 Å². The van der Waals surface area contributed by atoms with E-state index in [4.69, 9.17) is 0 Å². The Hall–Kier alpha value is -0.120. The molecule has 2 aliphatic heterocycles. The lowest BCUT2D eigenvalue weighted by Gasteiger charge is -2.42. The molecule has 3 heteroatoms. The SMILES string of the molecule is CN1CCN(CC2CCN(C(C)(C)C)CC2)CC1. The van der Waals surface area contributed by atoms with E-state index >= 15 is 0 Å². The van der Waals surface area contributed by atoms with E-state index in [1.165, 1.54) is 58.7 Å². The minimum absolute atomic E-state index is 0.360. The molecular weight excluding hydrogens is 222 g/mol. The van der Waals surface area contributed by atoms with E-state index in [1.54, 1.807) is 0 Å². The van der Waals surface area contributed by atoms with Crippen LogP contribution in [0.4, 0.5) is 0 Å². The van der Waals surface area contributed by atoms with Gasteiger partial charge in [0.1, 0.15) is 0 Å². The van der Waals surface area contributed by atoms with Crippen LogP contribution in [0.5, 0.6) is 0 Å². The summed E-state index contributed by atoms with van der Waals surface area (Å²) in [6, 6.07) is 0. The molecule has 0 amide bonds. The molecule has 0 bridgehead atoms. The van der Waals surface area contributed by atoms with Crippen molar-refractivity contribution >= 4 is 0 Å². The van der Waals surface area contributed by atoms with Crippen molar-refractivity contribution in [2.45, 2.75) is 39.2 Å². The second-order valence-corrected chi connectivity index (χ2v) is 7.21. The fraction of sp³-hybridized carbons (Fsp3) is 1.00. The van der Waals surface area contributed by atoms with Gasteiger partial charge < -0.3 is 9.80 Å². The van der Waals surface area contributed by atoms with Gasteiger partial charge in [0, 0.05) is 38.3 Å². The molecule has 0 spiro atoms. The molecule has 2 rings (SSSR count). The highest BCUT2D eigenvalue weighted by molar-refractivity contribution is 4.83. The summed E-state index contributed by atoms with van der Waals surface area (Å²) in [5.41, 5.74) is 0.360. The van der Waals surface area contributed by atoms with Gasteiger partial charge in [0.05, 0.1) is 0 Å². The van der Waals surface area contributed by atoms with Crippen molar-refractivity contribution in [3.8, 4) is 0 Å². The molecule has 0 aromatic rings. The molecule has 0 aliphatic carbocycles. The Morgan fingerprint density at radius 1 is 0.889 bits per heavy atom. The van der Waals surface area contributed by atoms with E-state index in [-0.39, 0.29) is 0 Å². The molecule has 0 N–H and O–H groups in total. The van der Waals surface area contributed by atoms with Gasteiger partial charge >= 0.3 is 0 Å². The summed E-state index contributed by atoms with van der Waals surface area (Å²) in [6.45, 7) is 16.0. The third-order valence-corrected chi connectivity index (χ3v) is 4.68. The summed E-state index contributed by atoms with van der Waals surface area (Å²) in [5, 5.41) is 0. The number of piperidine rings is 1. The van der Waals surface area contributed by atoms with Gasteiger partial charge in [-0.3, -0.25) is 4.90 Å². The van der Waals surface area contributed by atoms with E-state index in [2.05, 4.69) is 42.5 Å². The van der Waals surface area contributed by atoms with Crippen LogP contribution in [0, 0.1) is 5.92 Å². The predicted octanol–water partition coefficient (Wildman–Crippen LogP) is 1.74. The van der Waals surface area contributed by atoms with E-state index in [0.29, 0.717) is 5.54 Å². The highest BCUT2D eigenvalue weighted by Crippen LogP contribution is 2.24. The Labute approximate surface area is 113 Å². The van der Waals surface area contributed by atoms with Crippen molar-refractivity contribution < 1.29 is 0 Å². The lowest BCUT2D eigenvalue weighted by atomic mass is 9.92. The molecular formula is C15H31N3. The Balaban J connectivity index is 1.70. The van der Waals surface area contributed by atoms with Gasteiger partial charge in [0.15, 0.2) is 0 Å².